The highest BCUT2D eigenvalue weighted by Crippen LogP contribution is 2.29. The first-order chi connectivity index (χ1) is 12.6. The van der Waals surface area contributed by atoms with Gasteiger partial charge in [-0.15, -0.1) is 11.3 Å². The number of carbonyl (C=O) groups excluding carboxylic acids is 1. The minimum Gasteiger partial charge on any atom is -0.489 e. The van der Waals surface area contributed by atoms with Crippen LogP contribution in [0.1, 0.15) is 28.5 Å². The molecule has 0 spiro atoms. The average Bonchev–Trinajstić information content (AvgIpc) is 3.10. The van der Waals surface area contributed by atoms with E-state index in [1.807, 2.05) is 38.1 Å². The lowest BCUT2D eigenvalue weighted by molar-refractivity contribution is 0.0951. The predicted octanol–water partition coefficient (Wildman–Crippen LogP) is 4.59. The van der Waals surface area contributed by atoms with Crippen LogP contribution in [0.25, 0.3) is 10.6 Å². The van der Waals surface area contributed by atoms with Crippen LogP contribution in [0.5, 0.6) is 5.75 Å². The topological polar surface area (TPSA) is 51.2 Å². The molecule has 0 atom stereocenters. The van der Waals surface area contributed by atoms with E-state index in [4.69, 9.17) is 4.74 Å². The third-order valence-electron chi connectivity index (χ3n) is 3.73. The number of ether oxygens (including phenoxy) is 1. The molecule has 3 rings (SSSR count). The molecule has 1 amide bonds. The van der Waals surface area contributed by atoms with Crippen molar-refractivity contribution >= 4 is 17.2 Å². The molecule has 6 heteroatoms. The summed E-state index contributed by atoms with van der Waals surface area (Å²) in [6.07, 6.45) is 0. The van der Waals surface area contributed by atoms with Crippen LogP contribution in [0.3, 0.4) is 0 Å². The third kappa shape index (κ3) is 4.26. The van der Waals surface area contributed by atoms with Crippen molar-refractivity contribution in [2.24, 2.45) is 0 Å². The summed E-state index contributed by atoms with van der Waals surface area (Å²) in [5.41, 5.74) is 2.83. The Morgan fingerprint density at radius 3 is 2.85 bits per heavy atom. The largest absolute Gasteiger partial charge is 0.489 e. The maximum Gasteiger partial charge on any atom is 0.270 e. The van der Waals surface area contributed by atoms with Gasteiger partial charge < -0.3 is 10.1 Å². The maximum absolute atomic E-state index is 14.5. The van der Waals surface area contributed by atoms with Crippen LogP contribution in [-0.2, 0) is 6.61 Å². The Kier molecular flexibility index (Phi) is 5.63. The molecule has 4 nitrogen and oxygen atoms in total. The molecular weight excluding hydrogens is 351 g/mol. The van der Waals surface area contributed by atoms with Gasteiger partial charge in [0.2, 0.25) is 0 Å². The summed E-state index contributed by atoms with van der Waals surface area (Å²) in [7, 11) is 0. The highest BCUT2D eigenvalue weighted by Gasteiger charge is 2.14. The summed E-state index contributed by atoms with van der Waals surface area (Å²) in [5.74, 6) is -0.231. The fraction of sp³-hybridized carbons (Fsp3) is 0.200. The van der Waals surface area contributed by atoms with Crippen molar-refractivity contribution in [2.75, 3.05) is 6.54 Å². The molecule has 0 radical (unpaired) electrons. The summed E-state index contributed by atoms with van der Waals surface area (Å²) in [5, 5.41) is 4.77. The second kappa shape index (κ2) is 8.10. The lowest BCUT2D eigenvalue weighted by Gasteiger charge is -2.08. The van der Waals surface area contributed by atoms with Crippen LogP contribution in [-0.4, -0.2) is 17.4 Å². The molecular formula is C20H19FN2O2S. The molecule has 1 N–H and O–H groups in total. The van der Waals surface area contributed by atoms with Crippen LogP contribution in [0, 0.1) is 12.7 Å². The highest BCUT2D eigenvalue weighted by molar-refractivity contribution is 7.13. The lowest BCUT2D eigenvalue weighted by atomic mass is 10.1. The highest BCUT2D eigenvalue weighted by atomic mass is 32.1. The van der Waals surface area contributed by atoms with E-state index in [2.05, 4.69) is 10.3 Å². The Morgan fingerprint density at radius 1 is 1.27 bits per heavy atom. The van der Waals surface area contributed by atoms with Crippen molar-refractivity contribution in [2.45, 2.75) is 20.5 Å². The van der Waals surface area contributed by atoms with Gasteiger partial charge in [0.25, 0.3) is 5.91 Å². The molecule has 0 saturated heterocycles. The van der Waals surface area contributed by atoms with Crippen molar-refractivity contribution in [3.63, 3.8) is 0 Å². The molecule has 2 aromatic carbocycles. The fourth-order valence-electron chi connectivity index (χ4n) is 2.48. The Balaban J connectivity index is 1.72. The first-order valence-electron chi connectivity index (χ1n) is 8.29. The zero-order chi connectivity index (χ0) is 18.5. The standard InChI is InChI=1S/C20H19FN2O2S/c1-3-22-19(24)18-12-26-20(23-18)16-8-7-15(10-17(16)21)25-11-14-6-4-5-13(2)9-14/h4-10,12H,3,11H2,1-2H3,(H,22,24). The van der Waals surface area contributed by atoms with Gasteiger partial charge in [0.1, 0.15) is 28.9 Å². The van der Waals surface area contributed by atoms with Crippen LogP contribution in [0.2, 0.25) is 0 Å². The van der Waals surface area contributed by atoms with Gasteiger partial charge in [-0.2, -0.15) is 0 Å². The monoisotopic (exact) mass is 370 g/mol. The molecule has 0 aliphatic carbocycles. The summed E-state index contributed by atoms with van der Waals surface area (Å²) in [6.45, 7) is 4.74. The van der Waals surface area contributed by atoms with E-state index in [9.17, 15) is 9.18 Å². The minimum absolute atomic E-state index is 0.256. The number of aryl methyl sites for hydroxylation is 1. The SMILES string of the molecule is CCNC(=O)c1csc(-c2ccc(OCc3cccc(C)c3)cc2F)n1. The molecule has 0 fully saturated rings. The number of hydrogen-bond donors (Lipinski definition) is 1. The van der Waals surface area contributed by atoms with Crippen molar-refractivity contribution in [1.82, 2.24) is 10.3 Å². The van der Waals surface area contributed by atoms with Gasteiger partial charge in [0.05, 0.1) is 0 Å². The van der Waals surface area contributed by atoms with E-state index in [0.717, 1.165) is 11.1 Å². The van der Waals surface area contributed by atoms with E-state index in [-0.39, 0.29) is 5.91 Å². The molecule has 26 heavy (non-hydrogen) atoms. The number of nitrogens with one attached hydrogen (secondary N) is 1. The van der Waals surface area contributed by atoms with E-state index in [1.165, 1.54) is 17.4 Å². The Labute approximate surface area is 155 Å². The quantitative estimate of drug-likeness (QED) is 0.691. The van der Waals surface area contributed by atoms with Gasteiger partial charge in [-0.05, 0) is 31.5 Å². The number of rotatable bonds is 6. The first-order valence-corrected chi connectivity index (χ1v) is 9.16. The normalized spacial score (nSPS) is 10.6. The van der Waals surface area contributed by atoms with Crippen molar-refractivity contribution in [3.05, 3.63) is 70.5 Å². The van der Waals surface area contributed by atoms with Crippen LogP contribution in [0.4, 0.5) is 4.39 Å². The molecule has 1 heterocycles. The Hall–Kier alpha value is -2.73. The molecule has 1 aromatic heterocycles. The molecule has 3 aromatic rings. The van der Waals surface area contributed by atoms with Gasteiger partial charge in [-0.1, -0.05) is 29.8 Å². The summed E-state index contributed by atoms with van der Waals surface area (Å²) in [4.78, 5) is 16.0. The number of hydrogen-bond acceptors (Lipinski definition) is 4. The number of thiazole rings is 1. The number of nitrogens with zero attached hydrogens (tertiary/aromatic N) is 1. The smallest absolute Gasteiger partial charge is 0.270 e. The van der Waals surface area contributed by atoms with Gasteiger partial charge in [-0.3, -0.25) is 4.79 Å². The van der Waals surface area contributed by atoms with E-state index in [0.29, 0.717) is 35.2 Å². The van der Waals surface area contributed by atoms with Crippen LogP contribution >= 0.6 is 11.3 Å². The zero-order valence-corrected chi connectivity index (χ0v) is 15.4. The minimum atomic E-state index is -0.427. The molecule has 0 saturated carbocycles. The molecule has 0 unspecified atom stereocenters. The van der Waals surface area contributed by atoms with E-state index in [1.54, 1.807) is 17.5 Å². The van der Waals surface area contributed by atoms with Gasteiger partial charge in [0, 0.05) is 23.6 Å². The van der Waals surface area contributed by atoms with Crippen molar-refractivity contribution in [1.29, 1.82) is 0 Å². The van der Waals surface area contributed by atoms with Gasteiger partial charge in [-0.25, -0.2) is 9.37 Å². The zero-order valence-electron chi connectivity index (χ0n) is 14.6. The molecule has 134 valence electrons. The Morgan fingerprint density at radius 2 is 2.12 bits per heavy atom. The van der Waals surface area contributed by atoms with Crippen molar-refractivity contribution in [3.8, 4) is 16.3 Å². The number of halogens is 1. The summed E-state index contributed by atoms with van der Waals surface area (Å²) in [6, 6.07) is 12.7. The lowest BCUT2D eigenvalue weighted by Crippen LogP contribution is -2.22. The van der Waals surface area contributed by atoms with E-state index < -0.39 is 5.82 Å². The molecule has 0 aliphatic heterocycles. The second-order valence-corrected chi connectivity index (χ2v) is 6.67. The summed E-state index contributed by atoms with van der Waals surface area (Å²) < 4.78 is 20.1. The number of amides is 1. The second-order valence-electron chi connectivity index (χ2n) is 5.82. The van der Waals surface area contributed by atoms with Gasteiger partial charge >= 0.3 is 0 Å². The van der Waals surface area contributed by atoms with E-state index >= 15 is 0 Å². The van der Waals surface area contributed by atoms with Crippen molar-refractivity contribution < 1.29 is 13.9 Å². The molecule has 0 aliphatic rings. The third-order valence-corrected chi connectivity index (χ3v) is 4.61. The molecule has 0 bridgehead atoms. The Bertz CT molecular complexity index is 924. The maximum atomic E-state index is 14.5. The number of carbonyl (C=O) groups is 1. The van der Waals surface area contributed by atoms with Crippen LogP contribution in [0.15, 0.2) is 47.8 Å². The van der Waals surface area contributed by atoms with Crippen LogP contribution < -0.4 is 10.1 Å². The predicted molar refractivity (Wildman–Crippen MR) is 101 cm³/mol. The number of aromatic nitrogens is 1. The summed E-state index contributed by atoms with van der Waals surface area (Å²) >= 11 is 1.24. The average molecular weight is 370 g/mol. The van der Waals surface area contributed by atoms with Gasteiger partial charge in [0.15, 0.2) is 0 Å². The number of benzene rings is 2. The first kappa shape index (κ1) is 18.1. The fourth-order valence-corrected chi connectivity index (χ4v) is 3.31.